The molecule has 9 heteroatoms. The minimum atomic E-state index is -4.04. The van der Waals surface area contributed by atoms with E-state index in [1.807, 2.05) is 48.5 Å². The first-order valence-corrected chi connectivity index (χ1v) is 14.6. The molecule has 0 heterocycles. The van der Waals surface area contributed by atoms with Gasteiger partial charge < -0.3 is 19.0 Å². The van der Waals surface area contributed by atoms with Crippen LogP contribution >= 0.6 is 0 Å². The van der Waals surface area contributed by atoms with E-state index in [0.29, 0.717) is 5.56 Å². The molecule has 0 fully saturated rings. The van der Waals surface area contributed by atoms with E-state index < -0.39 is 28.2 Å². The first kappa shape index (κ1) is 27.9. The molecule has 0 aromatic heterocycles. The summed E-state index contributed by atoms with van der Waals surface area (Å²) in [5, 5.41) is 2.62. The predicted octanol–water partition coefficient (Wildman–Crippen LogP) is 5.47. The second kappa shape index (κ2) is 12.3. The fourth-order valence-electron chi connectivity index (χ4n) is 4.94. The quantitative estimate of drug-likeness (QED) is 0.199. The van der Waals surface area contributed by atoms with Crippen LogP contribution in [0.1, 0.15) is 29.5 Å². The molecule has 1 aliphatic rings. The molecule has 1 aliphatic carbocycles. The predicted molar refractivity (Wildman–Crippen MR) is 153 cm³/mol. The molecule has 4 aromatic rings. The maximum Gasteiger partial charge on any atom is 0.407 e. The molecule has 4 aromatic carbocycles. The van der Waals surface area contributed by atoms with Gasteiger partial charge in [0.25, 0.3) is 0 Å². The lowest BCUT2D eigenvalue weighted by Crippen LogP contribution is -2.44. The van der Waals surface area contributed by atoms with Crippen molar-refractivity contribution in [2.75, 3.05) is 13.2 Å². The van der Waals surface area contributed by atoms with Gasteiger partial charge in [-0.1, -0.05) is 78.9 Å². The highest BCUT2D eigenvalue weighted by Gasteiger charge is 2.30. The van der Waals surface area contributed by atoms with Crippen LogP contribution in [0.25, 0.3) is 11.1 Å². The van der Waals surface area contributed by atoms with Crippen molar-refractivity contribution < 1.29 is 31.7 Å². The van der Waals surface area contributed by atoms with Crippen LogP contribution in [0, 0.1) is 0 Å². The fourth-order valence-corrected chi connectivity index (χ4v) is 5.88. The van der Waals surface area contributed by atoms with Gasteiger partial charge in [0, 0.05) is 12.3 Å². The van der Waals surface area contributed by atoms with Gasteiger partial charge in [-0.15, -0.1) is 0 Å². The van der Waals surface area contributed by atoms with Gasteiger partial charge in [-0.3, -0.25) is 0 Å². The molecule has 1 amide bonds. The summed E-state index contributed by atoms with van der Waals surface area (Å²) in [6.07, 6.45) is -0.727. The molecule has 1 atom stereocenters. The lowest BCUT2D eigenvalue weighted by atomic mass is 9.98. The van der Waals surface area contributed by atoms with Gasteiger partial charge in [0.2, 0.25) is 0 Å². The van der Waals surface area contributed by atoms with Crippen molar-refractivity contribution in [2.24, 2.45) is 0 Å². The summed E-state index contributed by atoms with van der Waals surface area (Å²) in [6, 6.07) is 29.1. The first-order chi connectivity index (χ1) is 19.9. The standard InChI is InChI=1S/C32H29NO7S/c1-2-38-31(34)30(20-22-11-10-12-23(19-22)40-41(36,37)24-13-4-3-5-14-24)33-32(35)39-21-29-27-17-8-6-15-25(27)26-16-7-9-18-28(26)29/h3-19,29-30H,2,20-21H2,1H3,(H,33,35)/t30-/m0/s1. The highest BCUT2D eigenvalue weighted by Crippen LogP contribution is 2.44. The van der Waals surface area contributed by atoms with E-state index in [9.17, 15) is 18.0 Å². The molecule has 8 nitrogen and oxygen atoms in total. The number of fused-ring (bicyclic) bond motifs is 3. The molecule has 0 saturated heterocycles. The Morgan fingerprint density at radius 1 is 0.805 bits per heavy atom. The van der Waals surface area contributed by atoms with Gasteiger partial charge in [-0.25, -0.2) is 9.59 Å². The number of nitrogens with one attached hydrogen (secondary N) is 1. The van der Waals surface area contributed by atoms with Gasteiger partial charge in [-0.2, -0.15) is 8.42 Å². The van der Waals surface area contributed by atoms with Crippen molar-refractivity contribution >= 4 is 22.2 Å². The zero-order chi connectivity index (χ0) is 28.8. The van der Waals surface area contributed by atoms with E-state index in [1.165, 1.54) is 24.3 Å². The monoisotopic (exact) mass is 571 g/mol. The zero-order valence-electron chi connectivity index (χ0n) is 22.4. The van der Waals surface area contributed by atoms with Gasteiger partial charge >= 0.3 is 22.2 Å². The molecule has 0 unspecified atom stereocenters. The van der Waals surface area contributed by atoms with E-state index in [-0.39, 0.29) is 36.2 Å². The highest BCUT2D eigenvalue weighted by atomic mass is 32.2. The maximum absolute atomic E-state index is 12.9. The highest BCUT2D eigenvalue weighted by molar-refractivity contribution is 7.87. The van der Waals surface area contributed by atoms with Gasteiger partial charge in [-0.05, 0) is 59.0 Å². The molecule has 0 saturated carbocycles. The third kappa shape index (κ3) is 6.41. The SMILES string of the molecule is CCOC(=O)[C@H](Cc1cccc(OS(=O)(=O)c2ccccc2)c1)NC(=O)OCC1c2ccccc2-c2ccccc21. The van der Waals surface area contributed by atoms with E-state index in [2.05, 4.69) is 5.32 Å². The normalized spacial score (nSPS) is 13.0. The second-order valence-corrected chi connectivity index (χ2v) is 11.0. The van der Waals surface area contributed by atoms with Crippen LogP contribution in [-0.4, -0.2) is 39.7 Å². The van der Waals surface area contributed by atoms with E-state index >= 15 is 0 Å². The lowest BCUT2D eigenvalue weighted by Gasteiger charge is -2.19. The van der Waals surface area contributed by atoms with Crippen molar-refractivity contribution in [1.29, 1.82) is 0 Å². The van der Waals surface area contributed by atoms with Gasteiger partial charge in [0.15, 0.2) is 0 Å². The largest absolute Gasteiger partial charge is 0.464 e. The molecule has 5 rings (SSSR count). The summed E-state index contributed by atoms with van der Waals surface area (Å²) >= 11 is 0. The van der Waals surface area contributed by atoms with Crippen LogP contribution in [0.4, 0.5) is 4.79 Å². The maximum atomic E-state index is 12.9. The van der Waals surface area contributed by atoms with Crippen molar-refractivity contribution in [3.63, 3.8) is 0 Å². The molecular formula is C32H29NO7S. The van der Waals surface area contributed by atoms with Crippen molar-refractivity contribution in [1.82, 2.24) is 5.32 Å². The number of esters is 1. The molecular weight excluding hydrogens is 542 g/mol. The number of ether oxygens (including phenoxy) is 2. The van der Waals surface area contributed by atoms with Crippen LogP contribution in [0.3, 0.4) is 0 Å². The Morgan fingerprint density at radius 3 is 2.10 bits per heavy atom. The first-order valence-electron chi connectivity index (χ1n) is 13.2. The Balaban J connectivity index is 1.27. The smallest absolute Gasteiger partial charge is 0.407 e. The third-order valence-electron chi connectivity index (χ3n) is 6.78. The summed E-state index contributed by atoms with van der Waals surface area (Å²) < 4.78 is 41.4. The topological polar surface area (TPSA) is 108 Å². The Morgan fingerprint density at radius 2 is 1.44 bits per heavy atom. The number of carbonyl (C=O) groups excluding carboxylic acids is 2. The summed E-state index contributed by atoms with van der Waals surface area (Å²) in [5.41, 5.74) is 4.93. The summed E-state index contributed by atoms with van der Waals surface area (Å²) in [7, 11) is -4.04. The van der Waals surface area contributed by atoms with Crippen molar-refractivity contribution in [3.8, 4) is 16.9 Å². The lowest BCUT2D eigenvalue weighted by molar-refractivity contribution is -0.145. The number of carbonyl (C=O) groups is 2. The number of hydrogen-bond donors (Lipinski definition) is 1. The number of hydrogen-bond acceptors (Lipinski definition) is 7. The Labute approximate surface area is 239 Å². The molecule has 0 aliphatic heterocycles. The Hall–Kier alpha value is -4.63. The zero-order valence-corrected chi connectivity index (χ0v) is 23.2. The molecule has 0 bridgehead atoms. The molecule has 210 valence electrons. The third-order valence-corrected chi connectivity index (χ3v) is 8.04. The minimum Gasteiger partial charge on any atom is -0.464 e. The number of benzene rings is 4. The van der Waals surface area contributed by atoms with Gasteiger partial charge in [0.05, 0.1) is 6.61 Å². The van der Waals surface area contributed by atoms with Crippen molar-refractivity contribution in [3.05, 3.63) is 120 Å². The van der Waals surface area contributed by atoms with Gasteiger partial charge in [0.1, 0.15) is 23.3 Å². The average molecular weight is 572 g/mol. The summed E-state index contributed by atoms with van der Waals surface area (Å²) in [5.74, 6) is -0.686. The van der Waals surface area contributed by atoms with Crippen LogP contribution in [0.15, 0.2) is 108 Å². The van der Waals surface area contributed by atoms with Crippen LogP contribution < -0.4 is 9.50 Å². The number of rotatable bonds is 10. The van der Waals surface area contributed by atoms with E-state index in [1.54, 1.807) is 37.3 Å². The molecule has 0 radical (unpaired) electrons. The number of amides is 1. The fraction of sp³-hybridized carbons (Fsp3) is 0.188. The minimum absolute atomic E-state index is 0.0201. The van der Waals surface area contributed by atoms with Crippen molar-refractivity contribution in [2.45, 2.75) is 30.2 Å². The molecule has 0 spiro atoms. The van der Waals surface area contributed by atoms with Crippen LogP contribution in [-0.2, 0) is 30.8 Å². The Kier molecular flexibility index (Phi) is 8.35. The second-order valence-electron chi connectivity index (χ2n) is 9.48. The van der Waals surface area contributed by atoms with Crippen LogP contribution in [0.2, 0.25) is 0 Å². The summed E-state index contributed by atoms with van der Waals surface area (Å²) in [4.78, 5) is 25.7. The molecule has 1 N–H and O–H groups in total. The average Bonchev–Trinajstić information content (AvgIpc) is 3.30. The van der Waals surface area contributed by atoms with E-state index in [4.69, 9.17) is 13.7 Å². The molecule has 41 heavy (non-hydrogen) atoms. The number of alkyl carbamates (subject to hydrolysis) is 1. The van der Waals surface area contributed by atoms with E-state index in [0.717, 1.165) is 22.3 Å². The Bertz CT molecular complexity index is 1610. The van der Waals surface area contributed by atoms with Crippen LogP contribution in [0.5, 0.6) is 5.75 Å². The summed E-state index contributed by atoms with van der Waals surface area (Å²) in [6.45, 7) is 1.89.